The zero-order valence-electron chi connectivity index (χ0n) is 14.8. The summed E-state index contributed by atoms with van der Waals surface area (Å²) in [6.07, 6.45) is -2.65. The first-order valence-corrected chi connectivity index (χ1v) is 9.64. The third-order valence-corrected chi connectivity index (χ3v) is 5.58. The molecule has 2 rings (SSSR count). The van der Waals surface area contributed by atoms with Crippen molar-refractivity contribution in [3.05, 3.63) is 32.6 Å². The van der Waals surface area contributed by atoms with Crippen molar-refractivity contribution in [2.75, 3.05) is 0 Å². The smallest absolute Gasteiger partial charge is 0.328 e. The van der Waals surface area contributed by atoms with Gasteiger partial charge >= 0.3 is 13.9 Å². The monoisotopic (exact) mass is 392 g/mol. The Kier molecular flexibility index (Phi) is 6.60. The molecule has 1 aliphatic heterocycles. The van der Waals surface area contributed by atoms with Gasteiger partial charge in [0.15, 0.2) is 0 Å². The Bertz CT molecular complexity index is 772. The Balaban J connectivity index is 2.29. The summed E-state index contributed by atoms with van der Waals surface area (Å²) in [5, 5.41) is 20.7. The lowest BCUT2D eigenvalue weighted by Gasteiger charge is -2.33. The molecule has 2 heterocycles. The van der Waals surface area contributed by atoms with Gasteiger partial charge in [0.1, 0.15) is 18.3 Å². The van der Waals surface area contributed by atoms with Crippen LogP contribution in [0.15, 0.2) is 15.8 Å². The van der Waals surface area contributed by atoms with Crippen molar-refractivity contribution in [1.29, 1.82) is 0 Å². The Morgan fingerprint density at radius 2 is 1.92 bits per heavy atom. The Labute approximate surface area is 150 Å². The number of aryl methyl sites for hydroxylation is 1. The van der Waals surface area contributed by atoms with Gasteiger partial charge in [-0.1, -0.05) is 13.8 Å². The van der Waals surface area contributed by atoms with Crippen molar-refractivity contribution in [3.8, 4) is 0 Å². The SMILES string of the molecule is CCC(CC)(C[C@H]1O[C@@H](c2cn(C)c(=O)[nH]c2=O)[C@H](O)[C@@H]1O)O[PH](=O)O. The zero-order valence-corrected chi connectivity index (χ0v) is 15.8. The summed E-state index contributed by atoms with van der Waals surface area (Å²) in [4.78, 5) is 34.8. The second kappa shape index (κ2) is 8.16. The Hall–Kier alpha value is -1.29. The largest absolute Gasteiger partial charge is 0.388 e. The molecule has 0 saturated carbocycles. The van der Waals surface area contributed by atoms with E-state index in [9.17, 15) is 24.4 Å². The maximum absolute atomic E-state index is 12.0. The number of rotatable bonds is 7. The van der Waals surface area contributed by atoms with E-state index in [1.165, 1.54) is 13.2 Å². The lowest BCUT2D eigenvalue weighted by molar-refractivity contribution is -0.0528. The summed E-state index contributed by atoms with van der Waals surface area (Å²) in [6.45, 7) is 3.56. The molecule has 0 radical (unpaired) electrons. The van der Waals surface area contributed by atoms with Crippen LogP contribution in [0.2, 0.25) is 0 Å². The number of hydrogen-bond donors (Lipinski definition) is 4. The third kappa shape index (κ3) is 4.16. The molecule has 11 heteroatoms. The minimum atomic E-state index is -3.21. The predicted molar refractivity (Wildman–Crippen MR) is 92.2 cm³/mol. The van der Waals surface area contributed by atoms with E-state index in [2.05, 4.69) is 4.98 Å². The second-order valence-corrected chi connectivity index (χ2v) is 7.23. The molecule has 1 unspecified atom stereocenters. The topological polar surface area (TPSA) is 151 Å². The van der Waals surface area contributed by atoms with Crippen molar-refractivity contribution in [3.63, 3.8) is 0 Å². The van der Waals surface area contributed by atoms with Crippen LogP contribution in [0.5, 0.6) is 0 Å². The van der Waals surface area contributed by atoms with Gasteiger partial charge in [0.25, 0.3) is 5.56 Å². The van der Waals surface area contributed by atoms with E-state index < -0.39 is 49.5 Å². The zero-order chi connectivity index (χ0) is 19.6. The number of aliphatic hydroxyl groups is 2. The number of aromatic amines is 1. The third-order valence-electron chi connectivity index (χ3n) is 4.97. The van der Waals surface area contributed by atoms with Gasteiger partial charge in [0, 0.05) is 19.7 Å². The molecule has 0 aromatic carbocycles. The molecule has 0 bridgehead atoms. The fraction of sp³-hybridized carbons (Fsp3) is 0.733. The summed E-state index contributed by atoms with van der Waals surface area (Å²) in [5.41, 5.74) is -2.31. The first-order chi connectivity index (χ1) is 12.1. The summed E-state index contributed by atoms with van der Waals surface area (Å²) < 4.78 is 23.2. The molecular formula is C15H25N2O8P. The van der Waals surface area contributed by atoms with Crippen LogP contribution in [0, 0.1) is 0 Å². The average Bonchev–Trinajstić information content (AvgIpc) is 2.85. The highest BCUT2D eigenvalue weighted by Crippen LogP contribution is 2.41. The van der Waals surface area contributed by atoms with Crippen molar-refractivity contribution in [1.82, 2.24) is 9.55 Å². The van der Waals surface area contributed by atoms with Crippen LogP contribution in [-0.4, -0.2) is 48.6 Å². The normalized spacial score (nSPS) is 27.6. The van der Waals surface area contributed by atoms with Gasteiger partial charge in [-0.15, -0.1) is 0 Å². The summed E-state index contributed by atoms with van der Waals surface area (Å²) in [7, 11) is -1.78. The maximum Gasteiger partial charge on any atom is 0.328 e. The van der Waals surface area contributed by atoms with Gasteiger partial charge in [-0.05, 0) is 12.8 Å². The number of nitrogens with one attached hydrogen (secondary N) is 1. The number of ether oxygens (including phenoxy) is 1. The number of H-pyrrole nitrogens is 1. The molecule has 1 aliphatic rings. The van der Waals surface area contributed by atoms with Crippen LogP contribution < -0.4 is 11.2 Å². The molecular weight excluding hydrogens is 367 g/mol. The van der Waals surface area contributed by atoms with Crippen LogP contribution in [0.25, 0.3) is 0 Å². The van der Waals surface area contributed by atoms with Gasteiger partial charge in [0.05, 0.1) is 17.3 Å². The minimum absolute atomic E-state index is 0.0106. The molecule has 1 aromatic rings. The van der Waals surface area contributed by atoms with Crippen LogP contribution in [-0.2, 0) is 20.9 Å². The summed E-state index contributed by atoms with van der Waals surface area (Å²) in [6, 6.07) is 0. The van der Waals surface area contributed by atoms with E-state index in [1.807, 2.05) is 0 Å². The predicted octanol–water partition coefficient (Wildman–Crippen LogP) is -0.417. The molecule has 1 aromatic heterocycles. The maximum atomic E-state index is 12.0. The number of aliphatic hydroxyl groups excluding tert-OH is 2. The van der Waals surface area contributed by atoms with Gasteiger partial charge < -0.3 is 28.9 Å². The highest BCUT2D eigenvalue weighted by atomic mass is 31.1. The lowest BCUT2D eigenvalue weighted by Crippen LogP contribution is -2.39. The van der Waals surface area contributed by atoms with E-state index in [-0.39, 0.29) is 12.0 Å². The van der Waals surface area contributed by atoms with Crippen molar-refractivity contribution in [2.45, 2.75) is 63.1 Å². The molecule has 0 spiro atoms. The quantitative estimate of drug-likeness (QED) is 0.457. The Morgan fingerprint density at radius 1 is 1.31 bits per heavy atom. The fourth-order valence-electron chi connectivity index (χ4n) is 3.24. The number of aromatic nitrogens is 2. The van der Waals surface area contributed by atoms with Crippen LogP contribution >= 0.6 is 8.25 Å². The standard InChI is InChI=1S/C15H25N2O8P/c1-4-15(5-2,25-26(22)23)6-9-10(18)11(19)12(24-9)8-7-17(3)14(21)16-13(8)20/h7,9-12,18-19,26H,4-6H2,1-3H3,(H,22,23)(H,16,20,21)/t9-,10-,11-,12+/m1/s1. The van der Waals surface area contributed by atoms with E-state index in [0.29, 0.717) is 12.8 Å². The van der Waals surface area contributed by atoms with Crippen molar-refractivity contribution in [2.24, 2.45) is 7.05 Å². The Morgan fingerprint density at radius 3 is 2.46 bits per heavy atom. The van der Waals surface area contributed by atoms with E-state index in [4.69, 9.17) is 14.2 Å². The molecule has 5 atom stereocenters. The first kappa shape index (κ1) is 21.0. The van der Waals surface area contributed by atoms with E-state index in [1.54, 1.807) is 13.8 Å². The van der Waals surface area contributed by atoms with Gasteiger partial charge in [-0.3, -0.25) is 14.3 Å². The van der Waals surface area contributed by atoms with Crippen molar-refractivity contribution < 1.29 is 28.9 Å². The molecule has 0 aliphatic carbocycles. The average molecular weight is 392 g/mol. The van der Waals surface area contributed by atoms with Gasteiger partial charge in [0.2, 0.25) is 0 Å². The van der Waals surface area contributed by atoms with Gasteiger partial charge in [-0.2, -0.15) is 0 Å². The summed E-state index contributed by atoms with van der Waals surface area (Å²) >= 11 is 0. The molecule has 26 heavy (non-hydrogen) atoms. The van der Waals surface area contributed by atoms with Gasteiger partial charge in [-0.25, -0.2) is 4.79 Å². The molecule has 0 amide bonds. The molecule has 10 nitrogen and oxygen atoms in total. The summed E-state index contributed by atoms with van der Waals surface area (Å²) in [5.74, 6) is 0. The molecule has 1 saturated heterocycles. The van der Waals surface area contributed by atoms with Crippen LogP contribution in [0.4, 0.5) is 0 Å². The fourth-order valence-corrected chi connectivity index (χ4v) is 3.98. The minimum Gasteiger partial charge on any atom is -0.388 e. The second-order valence-electron chi connectivity index (χ2n) is 6.49. The highest BCUT2D eigenvalue weighted by Gasteiger charge is 2.47. The van der Waals surface area contributed by atoms with E-state index in [0.717, 1.165) is 4.57 Å². The molecule has 1 fully saturated rings. The van der Waals surface area contributed by atoms with Crippen LogP contribution in [0.1, 0.15) is 44.8 Å². The first-order valence-electron chi connectivity index (χ1n) is 8.37. The lowest BCUT2D eigenvalue weighted by atomic mass is 9.88. The molecule has 4 N–H and O–H groups in total. The number of nitrogens with zero attached hydrogens (tertiary/aromatic N) is 1. The molecule has 148 valence electrons. The van der Waals surface area contributed by atoms with Crippen LogP contribution in [0.3, 0.4) is 0 Å². The van der Waals surface area contributed by atoms with E-state index >= 15 is 0 Å². The number of hydrogen-bond acceptors (Lipinski definition) is 7. The van der Waals surface area contributed by atoms with Crippen molar-refractivity contribution >= 4 is 8.25 Å². The highest BCUT2D eigenvalue weighted by molar-refractivity contribution is 7.32.